The van der Waals surface area contributed by atoms with Crippen LogP contribution in [-0.4, -0.2) is 56.7 Å². The van der Waals surface area contributed by atoms with Crippen LogP contribution in [0.4, 0.5) is 5.69 Å². The Morgan fingerprint density at radius 3 is 2.73 bits per heavy atom. The maximum atomic E-state index is 12.2. The van der Waals surface area contributed by atoms with Gasteiger partial charge in [-0.05, 0) is 37.5 Å². The van der Waals surface area contributed by atoms with Crippen LogP contribution in [0.1, 0.15) is 24.8 Å². The molecule has 30 heavy (non-hydrogen) atoms. The quantitative estimate of drug-likeness (QED) is 0.641. The number of nitrogens with zero attached hydrogens (tertiary/aromatic N) is 6. The summed E-state index contributed by atoms with van der Waals surface area (Å²) in [6.45, 7) is 4.23. The van der Waals surface area contributed by atoms with E-state index in [0.717, 1.165) is 61.2 Å². The van der Waals surface area contributed by atoms with Gasteiger partial charge in [0.25, 0.3) is 5.56 Å². The molecule has 2 fully saturated rings. The minimum Gasteiger partial charge on any atom is -0.474 e. The fraction of sp³-hybridized carbons (Fsp3) is 0.455. The Balaban J connectivity index is 1.29. The zero-order valence-corrected chi connectivity index (χ0v) is 17.2. The zero-order chi connectivity index (χ0) is 20.5. The van der Waals surface area contributed by atoms with Gasteiger partial charge in [-0.25, -0.2) is 15.0 Å². The highest BCUT2D eigenvalue weighted by molar-refractivity contribution is 5.86. The predicted octanol–water partition coefficient (Wildman–Crippen LogP) is 1.98. The van der Waals surface area contributed by atoms with E-state index in [-0.39, 0.29) is 11.7 Å². The SMILES string of the molecule is Cn1cncc(CN2CCN(c3ccc4ncnc(OC5CCC5)c4c3)CC2)c1=O. The van der Waals surface area contributed by atoms with E-state index in [9.17, 15) is 4.79 Å². The summed E-state index contributed by atoms with van der Waals surface area (Å²) in [6.07, 6.45) is 8.54. The largest absolute Gasteiger partial charge is 0.474 e. The molecule has 0 N–H and O–H groups in total. The van der Waals surface area contributed by atoms with Crippen molar-refractivity contribution in [2.24, 2.45) is 7.05 Å². The molecular weight excluding hydrogens is 380 g/mol. The summed E-state index contributed by atoms with van der Waals surface area (Å²) < 4.78 is 7.63. The number of fused-ring (bicyclic) bond motifs is 1. The molecule has 2 aromatic heterocycles. The van der Waals surface area contributed by atoms with Crippen molar-refractivity contribution in [1.82, 2.24) is 24.4 Å². The van der Waals surface area contributed by atoms with Crippen molar-refractivity contribution in [2.45, 2.75) is 31.9 Å². The summed E-state index contributed by atoms with van der Waals surface area (Å²) in [6, 6.07) is 6.32. The molecule has 1 aromatic carbocycles. The fourth-order valence-electron chi connectivity index (χ4n) is 4.03. The van der Waals surface area contributed by atoms with Gasteiger partial charge in [0.15, 0.2) is 0 Å². The van der Waals surface area contributed by atoms with E-state index in [1.54, 1.807) is 25.9 Å². The van der Waals surface area contributed by atoms with Gasteiger partial charge in [-0.1, -0.05) is 0 Å². The van der Waals surface area contributed by atoms with Crippen molar-refractivity contribution < 1.29 is 4.74 Å². The first-order valence-electron chi connectivity index (χ1n) is 10.6. The molecule has 3 heterocycles. The third kappa shape index (κ3) is 3.75. The third-order valence-electron chi connectivity index (χ3n) is 6.11. The van der Waals surface area contributed by atoms with E-state index < -0.39 is 0 Å². The van der Waals surface area contributed by atoms with E-state index in [0.29, 0.717) is 12.4 Å². The van der Waals surface area contributed by atoms with E-state index in [4.69, 9.17) is 4.74 Å². The molecule has 3 aromatic rings. The lowest BCUT2D eigenvalue weighted by atomic mass is 9.96. The van der Waals surface area contributed by atoms with Gasteiger partial charge >= 0.3 is 0 Å². The van der Waals surface area contributed by atoms with Crippen LogP contribution in [0.3, 0.4) is 0 Å². The summed E-state index contributed by atoms with van der Waals surface area (Å²) in [5.41, 5.74) is 2.84. The lowest BCUT2D eigenvalue weighted by Gasteiger charge is -2.36. The highest BCUT2D eigenvalue weighted by atomic mass is 16.5. The molecule has 1 aliphatic carbocycles. The third-order valence-corrected chi connectivity index (χ3v) is 6.11. The van der Waals surface area contributed by atoms with Gasteiger partial charge in [0.2, 0.25) is 5.88 Å². The number of anilines is 1. The maximum absolute atomic E-state index is 12.2. The first-order valence-corrected chi connectivity index (χ1v) is 10.6. The van der Waals surface area contributed by atoms with E-state index >= 15 is 0 Å². The second-order valence-electron chi connectivity index (χ2n) is 8.15. The number of ether oxygens (including phenoxy) is 1. The normalized spacial score (nSPS) is 17.8. The van der Waals surface area contributed by atoms with E-state index in [1.807, 2.05) is 6.07 Å². The molecule has 0 amide bonds. The standard InChI is InChI=1S/C22H26N6O2/c1-26-15-23-12-16(22(26)29)13-27-7-9-28(10-8-27)17-5-6-20-19(11-17)21(25-14-24-20)30-18-3-2-4-18/h5-6,11-12,14-15,18H,2-4,7-10,13H2,1H3. The van der Waals surface area contributed by atoms with Crippen LogP contribution < -0.4 is 15.2 Å². The molecule has 5 rings (SSSR count). The molecule has 2 aliphatic rings. The Labute approximate surface area is 175 Å². The first kappa shape index (κ1) is 19.0. The van der Waals surface area contributed by atoms with Crippen molar-refractivity contribution in [3.05, 3.63) is 53.0 Å². The summed E-state index contributed by atoms with van der Waals surface area (Å²) in [4.78, 5) is 29.9. The topological polar surface area (TPSA) is 76.4 Å². The summed E-state index contributed by atoms with van der Waals surface area (Å²) in [7, 11) is 1.74. The summed E-state index contributed by atoms with van der Waals surface area (Å²) in [5.74, 6) is 0.692. The molecule has 0 unspecified atom stereocenters. The lowest BCUT2D eigenvalue weighted by molar-refractivity contribution is 0.116. The molecule has 1 aliphatic heterocycles. The maximum Gasteiger partial charge on any atom is 0.257 e. The monoisotopic (exact) mass is 406 g/mol. The molecule has 8 nitrogen and oxygen atoms in total. The van der Waals surface area contributed by atoms with Crippen LogP contribution in [0.2, 0.25) is 0 Å². The van der Waals surface area contributed by atoms with Gasteiger partial charge in [0, 0.05) is 57.2 Å². The number of benzene rings is 1. The Kier molecular flexibility index (Phi) is 5.08. The Bertz CT molecular complexity index is 1100. The molecule has 0 bridgehead atoms. The molecule has 0 atom stereocenters. The average molecular weight is 406 g/mol. The van der Waals surface area contributed by atoms with Gasteiger partial charge in [0.1, 0.15) is 12.4 Å². The minimum absolute atomic E-state index is 0.0287. The number of hydrogen-bond acceptors (Lipinski definition) is 7. The number of hydrogen-bond donors (Lipinski definition) is 0. The van der Waals surface area contributed by atoms with Crippen molar-refractivity contribution in [1.29, 1.82) is 0 Å². The second-order valence-corrected chi connectivity index (χ2v) is 8.15. The van der Waals surface area contributed by atoms with Crippen LogP contribution >= 0.6 is 0 Å². The van der Waals surface area contributed by atoms with Crippen LogP contribution in [-0.2, 0) is 13.6 Å². The average Bonchev–Trinajstić information content (AvgIpc) is 2.74. The second kappa shape index (κ2) is 8.02. The number of aromatic nitrogens is 4. The lowest BCUT2D eigenvalue weighted by Crippen LogP contribution is -2.46. The van der Waals surface area contributed by atoms with Gasteiger partial charge in [-0.15, -0.1) is 0 Å². The van der Waals surface area contributed by atoms with Gasteiger partial charge in [0.05, 0.1) is 17.2 Å². The van der Waals surface area contributed by atoms with Crippen molar-refractivity contribution in [3.63, 3.8) is 0 Å². The van der Waals surface area contributed by atoms with Gasteiger partial charge < -0.3 is 14.2 Å². The molecule has 1 saturated carbocycles. The molecule has 0 radical (unpaired) electrons. The van der Waals surface area contributed by atoms with Crippen LogP contribution in [0, 0.1) is 0 Å². The predicted molar refractivity (Wildman–Crippen MR) is 115 cm³/mol. The first-order chi connectivity index (χ1) is 14.7. The van der Waals surface area contributed by atoms with Gasteiger partial charge in [-0.2, -0.15) is 0 Å². The van der Waals surface area contributed by atoms with Crippen molar-refractivity contribution >= 4 is 16.6 Å². The Hall–Kier alpha value is -3.00. The smallest absolute Gasteiger partial charge is 0.257 e. The van der Waals surface area contributed by atoms with E-state index in [1.165, 1.54) is 11.0 Å². The Morgan fingerprint density at radius 1 is 1.13 bits per heavy atom. The Morgan fingerprint density at radius 2 is 1.97 bits per heavy atom. The summed E-state index contributed by atoms with van der Waals surface area (Å²) in [5, 5.41) is 0.975. The fourth-order valence-corrected chi connectivity index (χ4v) is 4.03. The molecule has 8 heteroatoms. The van der Waals surface area contributed by atoms with Crippen LogP contribution in [0.25, 0.3) is 10.9 Å². The van der Waals surface area contributed by atoms with Crippen LogP contribution in [0.15, 0.2) is 41.8 Å². The summed E-state index contributed by atoms with van der Waals surface area (Å²) >= 11 is 0. The van der Waals surface area contributed by atoms with Crippen LogP contribution in [0.5, 0.6) is 5.88 Å². The van der Waals surface area contributed by atoms with Crippen molar-refractivity contribution in [3.8, 4) is 5.88 Å². The highest BCUT2D eigenvalue weighted by Crippen LogP contribution is 2.31. The molecular formula is C22H26N6O2. The minimum atomic E-state index is 0.0287. The van der Waals surface area contributed by atoms with Crippen molar-refractivity contribution in [2.75, 3.05) is 31.1 Å². The highest BCUT2D eigenvalue weighted by Gasteiger charge is 2.22. The number of aryl methyl sites for hydroxylation is 1. The number of piperazine rings is 1. The van der Waals surface area contributed by atoms with Gasteiger partial charge in [-0.3, -0.25) is 9.69 Å². The molecule has 0 spiro atoms. The molecule has 1 saturated heterocycles. The van der Waals surface area contributed by atoms with E-state index in [2.05, 4.69) is 36.9 Å². The number of rotatable bonds is 5. The zero-order valence-electron chi connectivity index (χ0n) is 17.2. The molecule has 156 valence electrons.